The summed E-state index contributed by atoms with van der Waals surface area (Å²) in [6.45, 7) is 3.98. The molecule has 1 aromatic carbocycles. The Morgan fingerprint density at radius 1 is 1.22 bits per heavy atom. The predicted molar refractivity (Wildman–Crippen MR) is 80.6 cm³/mol. The number of benzene rings is 1. The summed E-state index contributed by atoms with van der Waals surface area (Å²) in [7, 11) is 0. The monoisotopic (exact) mass is 323 g/mol. The van der Waals surface area contributed by atoms with Crippen LogP contribution in [0.25, 0.3) is 0 Å². The van der Waals surface area contributed by atoms with E-state index < -0.39 is 34.9 Å². The normalized spacial score (nSPS) is 12.7. The van der Waals surface area contributed by atoms with Crippen molar-refractivity contribution in [2.45, 2.75) is 32.9 Å². The van der Waals surface area contributed by atoms with E-state index in [1.807, 2.05) is 0 Å². The summed E-state index contributed by atoms with van der Waals surface area (Å²) in [5.74, 6) is -1.92. The second-order valence-electron chi connectivity index (χ2n) is 4.76. The SMILES string of the molecule is CC(=O)N[C@H](C)C(=O)O[C@H](C)C(=O)Nc1ccccc1[N+](=O)[O-]. The molecule has 9 heteroatoms. The van der Waals surface area contributed by atoms with E-state index >= 15 is 0 Å². The van der Waals surface area contributed by atoms with Gasteiger partial charge in [0.1, 0.15) is 11.7 Å². The summed E-state index contributed by atoms with van der Waals surface area (Å²) in [4.78, 5) is 44.8. The summed E-state index contributed by atoms with van der Waals surface area (Å²) in [6, 6.07) is 4.69. The van der Waals surface area contributed by atoms with Gasteiger partial charge in [-0.1, -0.05) is 12.1 Å². The zero-order valence-corrected chi connectivity index (χ0v) is 12.9. The van der Waals surface area contributed by atoms with Crippen molar-refractivity contribution in [3.63, 3.8) is 0 Å². The van der Waals surface area contributed by atoms with E-state index in [4.69, 9.17) is 4.74 Å². The number of hydrogen-bond acceptors (Lipinski definition) is 6. The summed E-state index contributed by atoms with van der Waals surface area (Å²) in [5.41, 5.74) is -0.272. The zero-order valence-electron chi connectivity index (χ0n) is 12.9. The third-order valence-corrected chi connectivity index (χ3v) is 2.79. The van der Waals surface area contributed by atoms with Crippen LogP contribution >= 0.6 is 0 Å². The van der Waals surface area contributed by atoms with Crippen molar-refractivity contribution in [1.82, 2.24) is 5.32 Å². The van der Waals surface area contributed by atoms with Gasteiger partial charge < -0.3 is 15.4 Å². The largest absolute Gasteiger partial charge is 0.451 e. The fourth-order valence-corrected chi connectivity index (χ4v) is 1.67. The van der Waals surface area contributed by atoms with Crippen LogP contribution in [0.4, 0.5) is 11.4 Å². The average molecular weight is 323 g/mol. The number of carbonyl (C=O) groups is 3. The van der Waals surface area contributed by atoms with Crippen molar-refractivity contribution < 1.29 is 24.0 Å². The number of hydrogen-bond donors (Lipinski definition) is 2. The Hall–Kier alpha value is -2.97. The molecule has 124 valence electrons. The minimum atomic E-state index is -1.18. The van der Waals surface area contributed by atoms with Gasteiger partial charge in [0.15, 0.2) is 6.10 Å². The third-order valence-electron chi connectivity index (χ3n) is 2.79. The number of nitrogens with one attached hydrogen (secondary N) is 2. The summed E-state index contributed by atoms with van der Waals surface area (Å²) in [5, 5.41) is 15.5. The van der Waals surface area contributed by atoms with Crippen LogP contribution in [-0.4, -0.2) is 34.9 Å². The van der Waals surface area contributed by atoms with Gasteiger partial charge in [-0.3, -0.25) is 19.7 Å². The lowest BCUT2D eigenvalue weighted by Gasteiger charge is -2.17. The smallest absolute Gasteiger partial charge is 0.329 e. The standard InChI is InChI=1S/C14H17N3O6/c1-8(15-10(3)18)14(20)23-9(2)13(19)16-11-6-4-5-7-12(11)17(21)22/h4-9H,1-3H3,(H,15,18)(H,16,19)/t8-,9-/m1/s1. The molecule has 2 N–H and O–H groups in total. The maximum Gasteiger partial charge on any atom is 0.329 e. The van der Waals surface area contributed by atoms with Crippen LogP contribution in [0.5, 0.6) is 0 Å². The van der Waals surface area contributed by atoms with Crippen LogP contribution in [-0.2, 0) is 19.1 Å². The Balaban J connectivity index is 2.70. The van der Waals surface area contributed by atoms with E-state index in [9.17, 15) is 24.5 Å². The van der Waals surface area contributed by atoms with Gasteiger partial charge in [0.25, 0.3) is 11.6 Å². The van der Waals surface area contributed by atoms with Crippen molar-refractivity contribution in [3.8, 4) is 0 Å². The molecule has 2 amide bonds. The van der Waals surface area contributed by atoms with Gasteiger partial charge in [-0.05, 0) is 19.9 Å². The number of nitro groups is 1. The van der Waals surface area contributed by atoms with E-state index in [1.165, 1.54) is 45.0 Å². The van der Waals surface area contributed by atoms with Crippen LogP contribution in [0.3, 0.4) is 0 Å². The molecule has 2 atom stereocenters. The van der Waals surface area contributed by atoms with Gasteiger partial charge in [0.2, 0.25) is 5.91 Å². The van der Waals surface area contributed by atoms with Crippen molar-refractivity contribution in [3.05, 3.63) is 34.4 Å². The van der Waals surface area contributed by atoms with E-state index in [2.05, 4.69) is 10.6 Å². The lowest BCUT2D eigenvalue weighted by Crippen LogP contribution is -2.41. The average Bonchev–Trinajstić information content (AvgIpc) is 2.46. The van der Waals surface area contributed by atoms with Gasteiger partial charge in [-0.2, -0.15) is 0 Å². The molecule has 1 rings (SSSR count). The maximum absolute atomic E-state index is 12.0. The van der Waals surface area contributed by atoms with Crippen LogP contribution < -0.4 is 10.6 Å². The fourth-order valence-electron chi connectivity index (χ4n) is 1.67. The van der Waals surface area contributed by atoms with E-state index in [-0.39, 0.29) is 11.4 Å². The highest BCUT2D eigenvalue weighted by molar-refractivity contribution is 5.97. The molecule has 0 spiro atoms. The van der Waals surface area contributed by atoms with E-state index in [0.717, 1.165) is 0 Å². The van der Waals surface area contributed by atoms with Gasteiger partial charge in [-0.25, -0.2) is 4.79 Å². The first-order valence-electron chi connectivity index (χ1n) is 6.74. The Morgan fingerprint density at radius 3 is 2.39 bits per heavy atom. The number of esters is 1. The fraction of sp³-hybridized carbons (Fsp3) is 0.357. The third kappa shape index (κ3) is 5.38. The number of nitro benzene ring substituents is 1. The van der Waals surface area contributed by atoms with Gasteiger partial charge >= 0.3 is 5.97 Å². The summed E-state index contributed by atoms with van der Waals surface area (Å²) >= 11 is 0. The molecule has 0 aliphatic rings. The van der Waals surface area contributed by atoms with Crippen LogP contribution in [0.15, 0.2) is 24.3 Å². The highest BCUT2D eigenvalue weighted by Crippen LogP contribution is 2.23. The quantitative estimate of drug-likeness (QED) is 0.456. The highest BCUT2D eigenvalue weighted by Gasteiger charge is 2.24. The molecule has 0 heterocycles. The molecule has 23 heavy (non-hydrogen) atoms. The topological polar surface area (TPSA) is 128 Å². The van der Waals surface area contributed by atoms with Gasteiger partial charge in [0.05, 0.1) is 4.92 Å². The Morgan fingerprint density at radius 2 is 1.83 bits per heavy atom. The van der Waals surface area contributed by atoms with E-state index in [0.29, 0.717) is 0 Å². The molecular weight excluding hydrogens is 306 g/mol. The Bertz CT molecular complexity index is 631. The Kier molecular flexibility index (Phi) is 6.19. The number of amides is 2. The minimum absolute atomic E-state index is 0.000286. The second kappa shape index (κ2) is 7.87. The molecule has 0 aliphatic heterocycles. The molecule has 9 nitrogen and oxygen atoms in total. The molecule has 0 aromatic heterocycles. The van der Waals surface area contributed by atoms with Crippen LogP contribution in [0, 0.1) is 10.1 Å². The lowest BCUT2D eigenvalue weighted by atomic mass is 10.2. The number of carbonyl (C=O) groups excluding carboxylic acids is 3. The maximum atomic E-state index is 12.0. The number of anilines is 1. The van der Waals surface area contributed by atoms with Gasteiger partial charge in [0, 0.05) is 13.0 Å². The molecule has 1 aromatic rings. The molecular formula is C14H17N3O6. The molecule has 0 saturated carbocycles. The first-order valence-corrected chi connectivity index (χ1v) is 6.74. The van der Waals surface area contributed by atoms with Crippen molar-refractivity contribution in [1.29, 1.82) is 0 Å². The van der Waals surface area contributed by atoms with Crippen LogP contribution in [0.1, 0.15) is 20.8 Å². The first kappa shape index (κ1) is 18.1. The highest BCUT2D eigenvalue weighted by atomic mass is 16.6. The van der Waals surface area contributed by atoms with Crippen molar-refractivity contribution in [2.24, 2.45) is 0 Å². The summed E-state index contributed by atoms with van der Waals surface area (Å²) < 4.78 is 4.91. The van der Waals surface area contributed by atoms with E-state index in [1.54, 1.807) is 0 Å². The number of para-hydroxylation sites is 2. The predicted octanol–water partition coefficient (Wildman–Crippen LogP) is 0.990. The minimum Gasteiger partial charge on any atom is -0.451 e. The van der Waals surface area contributed by atoms with Crippen molar-refractivity contribution >= 4 is 29.2 Å². The molecule has 0 fully saturated rings. The molecule has 0 aliphatic carbocycles. The second-order valence-corrected chi connectivity index (χ2v) is 4.76. The molecule has 0 bridgehead atoms. The molecule has 0 unspecified atom stereocenters. The van der Waals surface area contributed by atoms with Gasteiger partial charge in [-0.15, -0.1) is 0 Å². The number of nitrogens with zero attached hydrogens (tertiary/aromatic N) is 1. The first-order chi connectivity index (χ1) is 10.7. The Labute approximate surface area is 132 Å². The molecule has 0 radical (unpaired) electrons. The molecule has 0 saturated heterocycles. The lowest BCUT2D eigenvalue weighted by molar-refractivity contribution is -0.383. The van der Waals surface area contributed by atoms with Crippen molar-refractivity contribution in [2.75, 3.05) is 5.32 Å². The number of ether oxygens (including phenoxy) is 1. The summed E-state index contributed by atoms with van der Waals surface area (Å²) in [6.07, 6.45) is -1.18. The van der Waals surface area contributed by atoms with Crippen LogP contribution in [0.2, 0.25) is 0 Å². The zero-order chi connectivity index (χ0) is 17.6. The number of rotatable bonds is 6.